The molecule has 3 heterocycles. The van der Waals surface area contributed by atoms with E-state index in [1.807, 2.05) is 13.0 Å². The summed E-state index contributed by atoms with van der Waals surface area (Å²) in [5, 5.41) is 0.460. The molecule has 1 aromatic carbocycles. The van der Waals surface area contributed by atoms with Gasteiger partial charge in [-0.3, -0.25) is 0 Å². The first kappa shape index (κ1) is 21.3. The van der Waals surface area contributed by atoms with E-state index in [1.165, 1.54) is 4.31 Å². The minimum Gasteiger partial charge on any atom is -0.378 e. The maximum atomic E-state index is 13.1. The number of benzene rings is 1. The molecule has 0 spiro atoms. The zero-order valence-corrected chi connectivity index (χ0v) is 18.8. The number of sulfonamides is 1. The van der Waals surface area contributed by atoms with Crippen molar-refractivity contribution in [2.24, 2.45) is 0 Å². The van der Waals surface area contributed by atoms with Crippen LogP contribution in [0.3, 0.4) is 0 Å². The quantitative estimate of drug-likeness (QED) is 0.704. The Morgan fingerprint density at radius 2 is 1.67 bits per heavy atom. The van der Waals surface area contributed by atoms with Crippen molar-refractivity contribution in [1.29, 1.82) is 0 Å². The van der Waals surface area contributed by atoms with E-state index in [-0.39, 0.29) is 4.90 Å². The van der Waals surface area contributed by atoms with E-state index in [0.717, 1.165) is 24.6 Å². The Morgan fingerprint density at radius 3 is 2.37 bits per heavy atom. The Balaban J connectivity index is 1.49. The highest BCUT2D eigenvalue weighted by Crippen LogP contribution is 2.27. The number of aromatic nitrogens is 2. The van der Waals surface area contributed by atoms with Gasteiger partial charge in [0.05, 0.1) is 18.1 Å². The fourth-order valence-electron chi connectivity index (χ4n) is 3.77. The first-order valence-electron chi connectivity index (χ1n) is 10.0. The number of morpholine rings is 1. The Kier molecular flexibility index (Phi) is 6.15. The summed E-state index contributed by atoms with van der Waals surface area (Å²) in [6, 6.07) is 6.95. The molecule has 0 radical (unpaired) electrons. The molecule has 8 nitrogen and oxygen atoms in total. The van der Waals surface area contributed by atoms with E-state index in [2.05, 4.69) is 14.8 Å². The van der Waals surface area contributed by atoms with Crippen LogP contribution in [0, 0.1) is 13.8 Å². The summed E-state index contributed by atoms with van der Waals surface area (Å²) >= 11 is 6.14. The zero-order valence-electron chi connectivity index (χ0n) is 17.2. The molecular formula is C20H26ClN5O3S. The summed E-state index contributed by atoms with van der Waals surface area (Å²) in [7, 11) is -3.59. The maximum absolute atomic E-state index is 13.1. The summed E-state index contributed by atoms with van der Waals surface area (Å²) in [6.07, 6.45) is 0. The standard InChI is InChI=1S/C20H26ClN5O3S/c1-15-14-19(23-20(22-15)25-10-12-29-13-11-25)24-6-8-26(9-7-24)30(27,28)18-5-3-4-17(21)16(18)2/h3-5,14H,6-13H2,1-2H3. The van der Waals surface area contributed by atoms with Crippen molar-refractivity contribution < 1.29 is 13.2 Å². The molecule has 162 valence electrons. The van der Waals surface area contributed by atoms with Crippen LogP contribution in [0.1, 0.15) is 11.3 Å². The molecular weight excluding hydrogens is 426 g/mol. The highest BCUT2D eigenvalue weighted by atomic mass is 35.5. The van der Waals surface area contributed by atoms with Crippen molar-refractivity contribution in [3.8, 4) is 0 Å². The van der Waals surface area contributed by atoms with E-state index < -0.39 is 10.0 Å². The number of anilines is 2. The molecule has 2 aliphatic rings. The fourth-order valence-corrected chi connectivity index (χ4v) is 5.67. The highest BCUT2D eigenvalue weighted by molar-refractivity contribution is 7.89. The van der Waals surface area contributed by atoms with Gasteiger partial charge in [-0.1, -0.05) is 17.7 Å². The largest absolute Gasteiger partial charge is 0.378 e. The summed E-state index contributed by atoms with van der Waals surface area (Å²) in [4.78, 5) is 13.9. The number of aryl methyl sites for hydroxylation is 1. The molecule has 0 saturated carbocycles. The number of halogens is 1. The van der Waals surface area contributed by atoms with E-state index in [1.54, 1.807) is 25.1 Å². The van der Waals surface area contributed by atoms with Crippen molar-refractivity contribution >= 4 is 33.4 Å². The number of rotatable bonds is 4. The van der Waals surface area contributed by atoms with Gasteiger partial charge in [0.25, 0.3) is 0 Å². The van der Waals surface area contributed by atoms with Crippen LogP contribution in [0.15, 0.2) is 29.2 Å². The molecule has 0 amide bonds. The summed E-state index contributed by atoms with van der Waals surface area (Å²) in [5.74, 6) is 1.54. The van der Waals surface area contributed by atoms with Gasteiger partial charge >= 0.3 is 0 Å². The summed E-state index contributed by atoms with van der Waals surface area (Å²) in [5.41, 5.74) is 1.48. The molecule has 2 fully saturated rings. The van der Waals surface area contributed by atoms with Gasteiger partial charge in [-0.25, -0.2) is 13.4 Å². The SMILES string of the molecule is Cc1cc(N2CCN(S(=O)(=O)c3cccc(Cl)c3C)CC2)nc(N2CCOCC2)n1. The van der Waals surface area contributed by atoms with Crippen LogP contribution in [-0.4, -0.2) is 75.2 Å². The third-order valence-corrected chi connectivity index (χ3v) is 7.97. The molecule has 1 aromatic heterocycles. The summed E-state index contributed by atoms with van der Waals surface area (Å²) in [6.45, 7) is 8.50. The van der Waals surface area contributed by atoms with Crippen LogP contribution in [0.5, 0.6) is 0 Å². The Hall–Kier alpha value is -1.94. The van der Waals surface area contributed by atoms with E-state index >= 15 is 0 Å². The molecule has 0 N–H and O–H groups in total. The third-order valence-electron chi connectivity index (χ3n) is 5.52. The van der Waals surface area contributed by atoms with Gasteiger partial charge in [0.15, 0.2) is 0 Å². The van der Waals surface area contributed by atoms with E-state index in [4.69, 9.17) is 21.3 Å². The lowest BCUT2D eigenvalue weighted by Crippen LogP contribution is -2.49. The van der Waals surface area contributed by atoms with Gasteiger partial charge < -0.3 is 14.5 Å². The second kappa shape index (κ2) is 8.66. The molecule has 2 saturated heterocycles. The van der Waals surface area contributed by atoms with Gasteiger partial charge in [0, 0.05) is 56.1 Å². The normalized spacial score (nSPS) is 18.6. The Labute approximate surface area is 182 Å². The Bertz CT molecular complexity index is 1020. The first-order valence-corrected chi connectivity index (χ1v) is 11.9. The lowest BCUT2D eigenvalue weighted by Gasteiger charge is -2.35. The van der Waals surface area contributed by atoms with Crippen LogP contribution in [0.25, 0.3) is 0 Å². The van der Waals surface area contributed by atoms with Gasteiger partial charge in [-0.05, 0) is 31.5 Å². The van der Waals surface area contributed by atoms with Crippen molar-refractivity contribution in [2.75, 3.05) is 62.3 Å². The lowest BCUT2D eigenvalue weighted by molar-refractivity contribution is 0.122. The molecule has 0 unspecified atom stereocenters. The smallest absolute Gasteiger partial charge is 0.243 e. The minimum absolute atomic E-state index is 0.274. The second-order valence-corrected chi connectivity index (χ2v) is 9.83. The molecule has 2 aliphatic heterocycles. The average molecular weight is 452 g/mol. The highest BCUT2D eigenvalue weighted by Gasteiger charge is 2.30. The van der Waals surface area contributed by atoms with Crippen LogP contribution in [0.4, 0.5) is 11.8 Å². The van der Waals surface area contributed by atoms with Crippen molar-refractivity contribution in [3.05, 3.63) is 40.5 Å². The Morgan fingerprint density at radius 1 is 0.967 bits per heavy atom. The van der Waals surface area contributed by atoms with Gasteiger partial charge in [0.2, 0.25) is 16.0 Å². The monoisotopic (exact) mass is 451 g/mol. The van der Waals surface area contributed by atoms with Crippen LogP contribution >= 0.6 is 11.6 Å². The third kappa shape index (κ3) is 4.25. The van der Waals surface area contributed by atoms with Crippen LogP contribution in [-0.2, 0) is 14.8 Å². The first-order chi connectivity index (χ1) is 14.4. The average Bonchev–Trinajstić information content (AvgIpc) is 2.76. The predicted octanol–water partition coefficient (Wildman–Crippen LogP) is 2.09. The minimum atomic E-state index is -3.59. The molecule has 30 heavy (non-hydrogen) atoms. The van der Waals surface area contributed by atoms with Crippen molar-refractivity contribution in [3.63, 3.8) is 0 Å². The van der Waals surface area contributed by atoms with Crippen LogP contribution in [0.2, 0.25) is 5.02 Å². The number of hydrogen-bond donors (Lipinski definition) is 0. The van der Waals surface area contributed by atoms with E-state index in [0.29, 0.717) is 55.9 Å². The van der Waals surface area contributed by atoms with Crippen molar-refractivity contribution in [1.82, 2.24) is 14.3 Å². The molecule has 10 heteroatoms. The molecule has 4 rings (SSSR count). The maximum Gasteiger partial charge on any atom is 0.243 e. The second-order valence-electron chi connectivity index (χ2n) is 7.52. The number of nitrogens with zero attached hydrogens (tertiary/aromatic N) is 5. The number of hydrogen-bond acceptors (Lipinski definition) is 7. The van der Waals surface area contributed by atoms with Gasteiger partial charge in [0.1, 0.15) is 5.82 Å². The lowest BCUT2D eigenvalue weighted by atomic mass is 10.2. The van der Waals surface area contributed by atoms with Gasteiger partial charge in [-0.15, -0.1) is 0 Å². The van der Waals surface area contributed by atoms with Crippen LogP contribution < -0.4 is 9.80 Å². The molecule has 0 aliphatic carbocycles. The number of piperazine rings is 1. The number of ether oxygens (including phenoxy) is 1. The fraction of sp³-hybridized carbons (Fsp3) is 0.500. The molecule has 0 bridgehead atoms. The van der Waals surface area contributed by atoms with Gasteiger partial charge in [-0.2, -0.15) is 9.29 Å². The summed E-state index contributed by atoms with van der Waals surface area (Å²) < 4.78 is 33.2. The molecule has 0 atom stereocenters. The predicted molar refractivity (Wildman–Crippen MR) is 117 cm³/mol. The molecule has 2 aromatic rings. The zero-order chi connectivity index (χ0) is 21.3. The van der Waals surface area contributed by atoms with Crippen molar-refractivity contribution in [2.45, 2.75) is 18.7 Å². The van der Waals surface area contributed by atoms with E-state index in [9.17, 15) is 8.42 Å². The topological polar surface area (TPSA) is 78.9 Å².